The predicted octanol–water partition coefficient (Wildman–Crippen LogP) is -0.150. The van der Waals surface area contributed by atoms with Gasteiger partial charge in [0.2, 0.25) is 0 Å². The summed E-state index contributed by atoms with van der Waals surface area (Å²) < 4.78 is 25.2. The van der Waals surface area contributed by atoms with Gasteiger partial charge in [0.15, 0.2) is 0 Å². The van der Waals surface area contributed by atoms with Gasteiger partial charge in [0.25, 0.3) is 0 Å². The lowest BCUT2D eigenvalue weighted by atomic mass is 9.89. The van der Waals surface area contributed by atoms with Crippen LogP contribution < -0.4 is 5.14 Å². The van der Waals surface area contributed by atoms with Gasteiger partial charge in [-0.1, -0.05) is 0 Å². The van der Waals surface area contributed by atoms with Crippen LogP contribution in [0.1, 0.15) is 19.3 Å². The van der Waals surface area contributed by atoms with E-state index in [2.05, 4.69) is 10.0 Å². The van der Waals surface area contributed by atoms with Gasteiger partial charge in [-0.2, -0.15) is 8.42 Å². The van der Waals surface area contributed by atoms with Gasteiger partial charge in [-0.15, -0.1) is 0 Å². The second-order valence-corrected chi connectivity index (χ2v) is 4.62. The van der Waals surface area contributed by atoms with Crippen LogP contribution in [0.2, 0.25) is 0 Å². The molecule has 13 heavy (non-hydrogen) atoms. The van der Waals surface area contributed by atoms with Crippen molar-refractivity contribution in [1.82, 2.24) is 4.90 Å². The van der Waals surface area contributed by atoms with Crippen LogP contribution in [-0.4, -0.2) is 37.5 Å². The third-order valence-corrected chi connectivity index (χ3v) is 2.56. The molecule has 3 fully saturated rings. The van der Waals surface area contributed by atoms with Crippen molar-refractivity contribution in [2.75, 3.05) is 19.6 Å². The lowest BCUT2D eigenvalue weighted by Crippen LogP contribution is -2.41. The Morgan fingerprint density at radius 3 is 1.54 bits per heavy atom. The Balaban J connectivity index is 0.000000149. The Hall–Kier alpha value is -0.170. The minimum Gasteiger partial charge on any atom is -0.303 e. The third kappa shape index (κ3) is 5.20. The molecule has 3 saturated heterocycles. The Morgan fingerprint density at radius 1 is 1.15 bits per heavy atom. The molecule has 0 amide bonds. The molecule has 0 aromatic carbocycles. The molecule has 6 heteroatoms. The summed E-state index contributed by atoms with van der Waals surface area (Å²) in [6.07, 6.45) is 4.46. The van der Waals surface area contributed by atoms with Crippen LogP contribution in [0.15, 0.2) is 0 Å². The van der Waals surface area contributed by atoms with E-state index in [1.54, 1.807) is 0 Å². The first-order chi connectivity index (χ1) is 5.95. The molecule has 3 N–H and O–H groups in total. The number of hydrogen-bond donors (Lipinski definition) is 2. The molecule has 0 aromatic heterocycles. The van der Waals surface area contributed by atoms with Gasteiger partial charge >= 0.3 is 10.3 Å². The van der Waals surface area contributed by atoms with Crippen molar-refractivity contribution in [2.24, 2.45) is 11.1 Å². The first kappa shape index (κ1) is 10.9. The van der Waals surface area contributed by atoms with Gasteiger partial charge in [-0.25, -0.2) is 5.14 Å². The highest BCUT2D eigenvalue weighted by atomic mass is 32.2. The first-order valence-corrected chi connectivity index (χ1v) is 5.93. The van der Waals surface area contributed by atoms with E-state index in [1.165, 1.54) is 38.9 Å². The maximum Gasteiger partial charge on any atom is 0.330 e. The molecule has 5 nitrogen and oxygen atoms in total. The fourth-order valence-electron chi connectivity index (χ4n) is 1.86. The van der Waals surface area contributed by atoms with E-state index in [9.17, 15) is 0 Å². The summed E-state index contributed by atoms with van der Waals surface area (Å²) in [4.78, 5) is 2.58. The van der Waals surface area contributed by atoms with E-state index in [4.69, 9.17) is 13.0 Å². The normalized spacial score (nSPS) is 32.2. The standard InChI is InChI=1S/C7H13N.H3NO3S/c1-4-8-5-2-7(1)3-6-8;1-5(2,3)4/h7H,1-6H2;(H3,1,2,3,4). The number of nitrogens with zero attached hydrogens (tertiary/aromatic N) is 1. The number of piperidine rings is 3. The van der Waals surface area contributed by atoms with Crippen LogP contribution >= 0.6 is 0 Å². The monoisotopic (exact) mass is 208 g/mol. The van der Waals surface area contributed by atoms with Gasteiger partial charge in [-0.3, -0.25) is 4.55 Å². The Kier molecular flexibility index (Phi) is 3.66. The smallest absolute Gasteiger partial charge is 0.303 e. The van der Waals surface area contributed by atoms with Crippen LogP contribution in [0, 0.1) is 5.92 Å². The Morgan fingerprint density at radius 2 is 1.46 bits per heavy atom. The van der Waals surface area contributed by atoms with Gasteiger partial charge in [-0.05, 0) is 44.8 Å². The van der Waals surface area contributed by atoms with Crippen molar-refractivity contribution in [2.45, 2.75) is 19.3 Å². The third-order valence-electron chi connectivity index (χ3n) is 2.56. The van der Waals surface area contributed by atoms with E-state index < -0.39 is 10.3 Å². The van der Waals surface area contributed by atoms with Crippen LogP contribution in [0.5, 0.6) is 0 Å². The summed E-state index contributed by atoms with van der Waals surface area (Å²) in [5.41, 5.74) is 0. The van der Waals surface area contributed by atoms with Crippen LogP contribution in [0.3, 0.4) is 0 Å². The van der Waals surface area contributed by atoms with E-state index >= 15 is 0 Å². The predicted molar refractivity (Wildman–Crippen MR) is 49.5 cm³/mol. The minimum atomic E-state index is -4.17. The zero-order chi connectivity index (χ0) is 9.90. The lowest BCUT2D eigenvalue weighted by Gasteiger charge is -2.38. The van der Waals surface area contributed by atoms with Crippen LogP contribution in [-0.2, 0) is 10.3 Å². The molecule has 0 aromatic rings. The van der Waals surface area contributed by atoms with E-state index in [-0.39, 0.29) is 0 Å². The number of nitrogens with two attached hydrogens (primary N) is 1. The van der Waals surface area contributed by atoms with Crippen molar-refractivity contribution >= 4 is 10.3 Å². The maximum absolute atomic E-state index is 8.97. The van der Waals surface area contributed by atoms with Crippen LogP contribution in [0.4, 0.5) is 0 Å². The first-order valence-electron chi connectivity index (χ1n) is 4.43. The maximum atomic E-state index is 8.97. The topological polar surface area (TPSA) is 83.6 Å². The van der Waals surface area contributed by atoms with Crippen molar-refractivity contribution in [1.29, 1.82) is 0 Å². The number of fused-ring (bicyclic) bond motifs is 3. The quantitative estimate of drug-likeness (QED) is 0.542. The van der Waals surface area contributed by atoms with Gasteiger partial charge in [0, 0.05) is 0 Å². The molecule has 0 saturated carbocycles. The second-order valence-electron chi connectivity index (χ2n) is 3.59. The van der Waals surface area contributed by atoms with Gasteiger partial charge in [0.1, 0.15) is 0 Å². The largest absolute Gasteiger partial charge is 0.330 e. The SMILES string of the molecule is C1CN2CCC1CC2.NS(=O)(=O)O. The van der Waals surface area contributed by atoms with Crippen molar-refractivity contribution in [3.63, 3.8) is 0 Å². The number of rotatable bonds is 0. The molecule has 78 valence electrons. The molecule has 0 spiro atoms. The minimum absolute atomic E-state index is 1.11. The summed E-state index contributed by atoms with van der Waals surface area (Å²) in [5.74, 6) is 1.11. The van der Waals surface area contributed by atoms with Crippen LogP contribution in [0.25, 0.3) is 0 Å². The lowest BCUT2D eigenvalue weighted by molar-refractivity contribution is 0.111. The molecule has 2 bridgehead atoms. The summed E-state index contributed by atoms with van der Waals surface area (Å²) in [5, 5.41) is 3.88. The average Bonchev–Trinajstić information content (AvgIpc) is 2.05. The van der Waals surface area contributed by atoms with E-state index in [1.807, 2.05) is 0 Å². The molecule has 0 radical (unpaired) electrons. The average molecular weight is 208 g/mol. The van der Waals surface area contributed by atoms with E-state index in [0.717, 1.165) is 5.92 Å². The van der Waals surface area contributed by atoms with Crippen molar-refractivity contribution < 1.29 is 13.0 Å². The molecule has 0 unspecified atom stereocenters. The van der Waals surface area contributed by atoms with Gasteiger partial charge < -0.3 is 4.90 Å². The van der Waals surface area contributed by atoms with Crippen molar-refractivity contribution in [3.8, 4) is 0 Å². The van der Waals surface area contributed by atoms with Crippen molar-refractivity contribution in [3.05, 3.63) is 0 Å². The van der Waals surface area contributed by atoms with Gasteiger partial charge in [0.05, 0.1) is 0 Å². The fraction of sp³-hybridized carbons (Fsp3) is 1.00. The molecule has 0 atom stereocenters. The zero-order valence-electron chi connectivity index (χ0n) is 7.52. The zero-order valence-corrected chi connectivity index (χ0v) is 8.33. The molecule has 3 heterocycles. The summed E-state index contributed by atoms with van der Waals surface area (Å²) in [6, 6.07) is 0. The highest BCUT2D eigenvalue weighted by molar-refractivity contribution is 7.83. The fourth-order valence-corrected chi connectivity index (χ4v) is 1.86. The van der Waals surface area contributed by atoms with E-state index in [0.29, 0.717) is 0 Å². The molecule has 3 aliphatic heterocycles. The summed E-state index contributed by atoms with van der Waals surface area (Å²) in [7, 11) is -4.17. The molecular weight excluding hydrogens is 192 g/mol. The summed E-state index contributed by atoms with van der Waals surface area (Å²) in [6.45, 7) is 4.18. The Labute approximate surface area is 78.8 Å². The number of hydrogen-bond acceptors (Lipinski definition) is 3. The summed E-state index contributed by atoms with van der Waals surface area (Å²) >= 11 is 0. The Bertz CT molecular complexity index is 213. The molecule has 3 aliphatic rings. The molecular formula is C7H16N2O3S. The highest BCUT2D eigenvalue weighted by Gasteiger charge is 2.24. The molecule has 0 aliphatic carbocycles. The second kappa shape index (κ2) is 4.36. The molecule has 3 rings (SSSR count). The highest BCUT2D eigenvalue weighted by Crippen LogP contribution is 2.26.